The summed E-state index contributed by atoms with van der Waals surface area (Å²) in [7, 11) is 0. The van der Waals surface area contributed by atoms with E-state index in [1.165, 1.54) is 18.6 Å². The average molecular weight is 488 g/mol. The molecule has 2 saturated heterocycles. The molecule has 27 heavy (non-hydrogen) atoms. The molecule has 4 rings (SSSR count). The van der Waals surface area contributed by atoms with E-state index in [9.17, 15) is 4.39 Å². The summed E-state index contributed by atoms with van der Waals surface area (Å²) in [6.07, 6.45) is 2.64. The van der Waals surface area contributed by atoms with Crippen LogP contribution in [0.5, 0.6) is 0 Å². The molecule has 0 amide bonds. The summed E-state index contributed by atoms with van der Waals surface area (Å²) in [6.45, 7) is 8.77. The summed E-state index contributed by atoms with van der Waals surface area (Å²) >= 11 is 0. The molecule has 0 spiro atoms. The molecule has 0 bridgehead atoms. The van der Waals surface area contributed by atoms with Crippen LogP contribution in [0, 0.1) is 17.2 Å². The predicted octanol–water partition coefficient (Wildman–Crippen LogP) is 3.08. The topological polar surface area (TPSA) is 54.1 Å². The van der Waals surface area contributed by atoms with Crippen LogP contribution in [0.4, 0.5) is 10.1 Å². The van der Waals surface area contributed by atoms with E-state index in [1.54, 1.807) is 0 Å². The van der Waals surface area contributed by atoms with Gasteiger partial charge in [0, 0.05) is 49.8 Å². The Morgan fingerprint density at radius 2 is 1.85 bits per heavy atom. The second-order valence-corrected chi connectivity index (χ2v) is 8.30. The van der Waals surface area contributed by atoms with Gasteiger partial charge in [0.05, 0.1) is 12.1 Å². The van der Waals surface area contributed by atoms with Gasteiger partial charge in [-0.2, -0.15) is 0 Å². The van der Waals surface area contributed by atoms with Crippen molar-refractivity contribution in [3.05, 3.63) is 30.1 Å². The fourth-order valence-electron chi connectivity index (χ4n) is 4.83. The third-order valence-electron chi connectivity index (χ3n) is 6.34. The standard InChI is InChI=1S/C20H29FN4O.HI/c1-20(2)17(16-4-3-13-26-18(16)20)23-19(22)25-11-9-24(10-12-25)15-7-5-14(21)6-8-15;/h5-8,16-18H,3-4,9-13H2,1-2H3,(H2,22,23);1H. The first-order chi connectivity index (χ1) is 12.5. The fraction of sp³-hybridized carbons (Fsp3) is 0.650. The summed E-state index contributed by atoms with van der Waals surface area (Å²) in [4.78, 5) is 9.36. The molecule has 3 unspecified atom stereocenters. The molecule has 3 aliphatic rings. The van der Waals surface area contributed by atoms with Crippen LogP contribution in [-0.4, -0.2) is 55.8 Å². The first kappa shape index (κ1) is 20.6. The maximum Gasteiger partial charge on any atom is 0.191 e. The molecule has 7 heteroatoms. The second kappa shape index (κ2) is 8.11. The van der Waals surface area contributed by atoms with Crippen LogP contribution in [0.25, 0.3) is 0 Å². The lowest BCUT2D eigenvalue weighted by molar-refractivity contribution is -0.182. The van der Waals surface area contributed by atoms with Gasteiger partial charge in [-0.05, 0) is 37.1 Å². The van der Waals surface area contributed by atoms with E-state index in [0.29, 0.717) is 18.0 Å². The number of fused-ring (bicyclic) bond motifs is 1. The van der Waals surface area contributed by atoms with Gasteiger partial charge in [-0.25, -0.2) is 9.38 Å². The number of piperazine rings is 1. The van der Waals surface area contributed by atoms with Gasteiger partial charge in [0.25, 0.3) is 0 Å². The highest BCUT2D eigenvalue weighted by molar-refractivity contribution is 14.0. The molecule has 1 aliphatic carbocycles. The zero-order valence-electron chi connectivity index (χ0n) is 16.1. The van der Waals surface area contributed by atoms with E-state index in [2.05, 4.69) is 23.6 Å². The first-order valence-corrected chi connectivity index (χ1v) is 9.67. The molecular formula is C20H30FIN4O. The lowest BCUT2D eigenvalue weighted by Gasteiger charge is -2.58. The molecule has 3 fully saturated rings. The number of hydrogen-bond acceptors (Lipinski definition) is 3. The number of nitrogens with two attached hydrogens (primary N) is 1. The first-order valence-electron chi connectivity index (χ1n) is 9.67. The molecule has 0 radical (unpaired) electrons. The summed E-state index contributed by atoms with van der Waals surface area (Å²) in [5.74, 6) is 0.973. The van der Waals surface area contributed by atoms with Crippen LogP contribution in [0.15, 0.2) is 29.3 Å². The van der Waals surface area contributed by atoms with E-state index >= 15 is 0 Å². The Morgan fingerprint density at radius 3 is 2.52 bits per heavy atom. The number of aliphatic imine (C=N–C) groups is 1. The molecule has 2 heterocycles. The van der Waals surface area contributed by atoms with Gasteiger partial charge in [-0.3, -0.25) is 0 Å². The highest BCUT2D eigenvalue weighted by Crippen LogP contribution is 2.53. The largest absolute Gasteiger partial charge is 0.377 e. The molecule has 3 atom stereocenters. The third kappa shape index (κ3) is 3.90. The number of anilines is 1. The van der Waals surface area contributed by atoms with Gasteiger partial charge in [0.15, 0.2) is 5.96 Å². The molecule has 1 aromatic carbocycles. The second-order valence-electron chi connectivity index (χ2n) is 8.30. The van der Waals surface area contributed by atoms with Crippen LogP contribution in [0.1, 0.15) is 26.7 Å². The minimum absolute atomic E-state index is 0. The number of halogens is 2. The van der Waals surface area contributed by atoms with Crippen LogP contribution in [0.2, 0.25) is 0 Å². The van der Waals surface area contributed by atoms with Crippen LogP contribution in [0.3, 0.4) is 0 Å². The van der Waals surface area contributed by atoms with E-state index in [1.807, 2.05) is 12.1 Å². The normalized spacial score (nSPS) is 30.2. The zero-order chi connectivity index (χ0) is 18.3. The number of benzene rings is 1. The minimum Gasteiger partial charge on any atom is -0.377 e. The Hall–Kier alpha value is -1.09. The number of ether oxygens (including phenoxy) is 1. The van der Waals surface area contributed by atoms with Gasteiger partial charge in [0.2, 0.25) is 0 Å². The molecule has 2 aliphatic heterocycles. The summed E-state index contributed by atoms with van der Waals surface area (Å²) in [5.41, 5.74) is 7.49. The summed E-state index contributed by atoms with van der Waals surface area (Å²) in [6, 6.07) is 6.95. The Morgan fingerprint density at radius 1 is 1.19 bits per heavy atom. The third-order valence-corrected chi connectivity index (χ3v) is 6.34. The molecule has 1 saturated carbocycles. The summed E-state index contributed by atoms with van der Waals surface area (Å²) in [5, 5.41) is 0. The molecule has 150 valence electrons. The van der Waals surface area contributed by atoms with Crippen molar-refractivity contribution in [2.45, 2.75) is 38.8 Å². The lowest BCUT2D eigenvalue weighted by Crippen LogP contribution is -2.64. The van der Waals surface area contributed by atoms with E-state index < -0.39 is 0 Å². The highest BCUT2D eigenvalue weighted by Gasteiger charge is 2.58. The Balaban J connectivity index is 0.00000210. The smallest absolute Gasteiger partial charge is 0.191 e. The van der Waals surface area contributed by atoms with Crippen LogP contribution >= 0.6 is 24.0 Å². The molecule has 1 aromatic rings. The van der Waals surface area contributed by atoms with Crippen LogP contribution in [-0.2, 0) is 4.74 Å². The van der Waals surface area contributed by atoms with Gasteiger partial charge < -0.3 is 20.3 Å². The van der Waals surface area contributed by atoms with Crippen molar-refractivity contribution in [1.29, 1.82) is 0 Å². The fourth-order valence-corrected chi connectivity index (χ4v) is 4.83. The minimum atomic E-state index is -0.197. The van der Waals surface area contributed by atoms with Crippen molar-refractivity contribution in [2.75, 3.05) is 37.7 Å². The van der Waals surface area contributed by atoms with E-state index in [4.69, 9.17) is 15.5 Å². The van der Waals surface area contributed by atoms with Crippen molar-refractivity contribution in [2.24, 2.45) is 22.1 Å². The molecular weight excluding hydrogens is 458 g/mol. The summed E-state index contributed by atoms with van der Waals surface area (Å²) < 4.78 is 19.1. The monoisotopic (exact) mass is 488 g/mol. The Kier molecular flexibility index (Phi) is 6.20. The predicted molar refractivity (Wildman–Crippen MR) is 117 cm³/mol. The maximum absolute atomic E-state index is 13.1. The van der Waals surface area contributed by atoms with Gasteiger partial charge in [-0.15, -0.1) is 24.0 Å². The average Bonchev–Trinajstić information content (AvgIpc) is 2.66. The van der Waals surface area contributed by atoms with Crippen molar-refractivity contribution in [1.82, 2.24) is 4.90 Å². The van der Waals surface area contributed by atoms with Crippen molar-refractivity contribution < 1.29 is 9.13 Å². The van der Waals surface area contributed by atoms with Crippen molar-refractivity contribution in [3.8, 4) is 0 Å². The van der Waals surface area contributed by atoms with Crippen molar-refractivity contribution in [3.63, 3.8) is 0 Å². The zero-order valence-corrected chi connectivity index (χ0v) is 18.4. The van der Waals surface area contributed by atoms with Gasteiger partial charge in [-0.1, -0.05) is 13.8 Å². The molecule has 0 aromatic heterocycles. The Labute approximate surface area is 178 Å². The maximum atomic E-state index is 13.1. The van der Waals surface area contributed by atoms with E-state index in [0.717, 1.165) is 44.9 Å². The number of guanidine groups is 1. The SMILES string of the molecule is CC1(C)C(N=C(N)N2CCN(c3ccc(F)cc3)CC2)C2CCCOC21.I. The Bertz CT molecular complexity index is 673. The van der Waals surface area contributed by atoms with E-state index in [-0.39, 0.29) is 41.3 Å². The molecule has 2 N–H and O–H groups in total. The quantitative estimate of drug-likeness (QED) is 0.395. The van der Waals surface area contributed by atoms with Crippen LogP contribution < -0.4 is 10.6 Å². The lowest BCUT2D eigenvalue weighted by atomic mass is 9.55. The van der Waals surface area contributed by atoms with Gasteiger partial charge >= 0.3 is 0 Å². The number of rotatable bonds is 2. The number of nitrogens with zero attached hydrogens (tertiary/aromatic N) is 3. The van der Waals surface area contributed by atoms with Gasteiger partial charge in [0.1, 0.15) is 5.82 Å². The number of hydrogen-bond donors (Lipinski definition) is 1. The molecule has 5 nitrogen and oxygen atoms in total. The highest BCUT2D eigenvalue weighted by atomic mass is 127. The van der Waals surface area contributed by atoms with Crippen molar-refractivity contribution >= 4 is 35.6 Å².